The number of unbranched alkanes of at least 4 members (excludes halogenated alkanes) is 1. The Hall–Kier alpha value is -2.19. The lowest BCUT2D eigenvalue weighted by Crippen LogP contribution is -2.58. The minimum atomic E-state index is -1.24. The van der Waals surface area contributed by atoms with Gasteiger partial charge in [0.1, 0.15) is 11.6 Å². The average molecular weight is 446 g/mol. The van der Waals surface area contributed by atoms with Gasteiger partial charge < -0.3 is 24.5 Å². The van der Waals surface area contributed by atoms with Crippen molar-refractivity contribution in [2.45, 2.75) is 63.3 Å². The molecule has 0 saturated carbocycles. The number of carbonyl (C=O) groups is 3. The fraction of sp³-hybridized carbons (Fsp3) is 0.708. The summed E-state index contributed by atoms with van der Waals surface area (Å²) in [6.45, 7) is 6.98. The first-order chi connectivity index (χ1) is 15.3. The number of amides is 3. The van der Waals surface area contributed by atoms with Gasteiger partial charge in [-0.05, 0) is 19.8 Å². The van der Waals surface area contributed by atoms with E-state index in [1.54, 1.807) is 23.8 Å². The van der Waals surface area contributed by atoms with Crippen LogP contribution in [-0.4, -0.2) is 94.1 Å². The second kappa shape index (κ2) is 8.30. The summed E-state index contributed by atoms with van der Waals surface area (Å²) in [6, 6.07) is -1.47. The molecule has 0 aliphatic carbocycles. The molecule has 8 heteroatoms. The normalized spacial score (nSPS) is 37.3. The fourth-order valence-corrected chi connectivity index (χ4v) is 5.98. The SMILES string of the molecule is CCCCN1CC=C[C@]23O[C@@]4(CC)C=CCN(C)C(=O)[C@H]4[C@H]2C(=O)N([C@H](C)CO)C3C1=O. The van der Waals surface area contributed by atoms with Crippen LogP contribution in [0.15, 0.2) is 24.3 Å². The van der Waals surface area contributed by atoms with Crippen LogP contribution in [0.25, 0.3) is 0 Å². The molecular weight excluding hydrogens is 410 g/mol. The van der Waals surface area contributed by atoms with E-state index in [1.165, 1.54) is 4.90 Å². The number of aliphatic hydroxyl groups excluding tert-OH is 1. The van der Waals surface area contributed by atoms with Crippen LogP contribution in [0.3, 0.4) is 0 Å². The number of rotatable bonds is 6. The number of aliphatic hydroxyl groups is 1. The van der Waals surface area contributed by atoms with Crippen molar-refractivity contribution in [3.63, 3.8) is 0 Å². The molecule has 1 spiro atoms. The highest BCUT2D eigenvalue weighted by Crippen LogP contribution is 2.58. The Balaban J connectivity index is 1.89. The van der Waals surface area contributed by atoms with Gasteiger partial charge in [-0.1, -0.05) is 44.6 Å². The maximum Gasteiger partial charge on any atom is 0.249 e. The molecule has 0 radical (unpaired) electrons. The van der Waals surface area contributed by atoms with Gasteiger partial charge in [-0.3, -0.25) is 14.4 Å². The van der Waals surface area contributed by atoms with Gasteiger partial charge in [0, 0.05) is 26.7 Å². The van der Waals surface area contributed by atoms with E-state index in [0.717, 1.165) is 12.8 Å². The third-order valence-corrected chi connectivity index (χ3v) is 7.68. The smallest absolute Gasteiger partial charge is 0.249 e. The molecule has 3 amide bonds. The van der Waals surface area contributed by atoms with Gasteiger partial charge in [0.2, 0.25) is 17.7 Å². The zero-order valence-corrected chi connectivity index (χ0v) is 19.5. The molecule has 0 aromatic carbocycles. The second-order valence-corrected chi connectivity index (χ2v) is 9.56. The monoisotopic (exact) mass is 445 g/mol. The van der Waals surface area contributed by atoms with Crippen LogP contribution in [0.5, 0.6) is 0 Å². The molecule has 4 aliphatic heterocycles. The zero-order chi connectivity index (χ0) is 23.3. The van der Waals surface area contributed by atoms with Gasteiger partial charge in [-0.25, -0.2) is 0 Å². The molecule has 8 nitrogen and oxygen atoms in total. The third-order valence-electron chi connectivity index (χ3n) is 7.68. The van der Waals surface area contributed by atoms with Crippen molar-refractivity contribution in [1.29, 1.82) is 0 Å². The number of hydrogen-bond acceptors (Lipinski definition) is 5. The van der Waals surface area contributed by atoms with Crippen LogP contribution in [-0.2, 0) is 19.1 Å². The summed E-state index contributed by atoms with van der Waals surface area (Å²) in [5.74, 6) is -2.14. The molecule has 32 heavy (non-hydrogen) atoms. The van der Waals surface area contributed by atoms with Crippen LogP contribution in [0.4, 0.5) is 0 Å². The Bertz CT molecular complexity index is 857. The number of hydrogen-bond donors (Lipinski definition) is 1. The first-order valence-electron chi connectivity index (χ1n) is 11.8. The van der Waals surface area contributed by atoms with Crippen molar-refractivity contribution in [2.24, 2.45) is 11.8 Å². The van der Waals surface area contributed by atoms with E-state index in [-0.39, 0.29) is 24.3 Å². The third kappa shape index (κ3) is 3.06. The van der Waals surface area contributed by atoms with Crippen LogP contribution in [0.2, 0.25) is 0 Å². The van der Waals surface area contributed by atoms with Gasteiger partial charge in [0.25, 0.3) is 0 Å². The average Bonchev–Trinajstić information content (AvgIpc) is 3.10. The number of ether oxygens (including phenoxy) is 1. The van der Waals surface area contributed by atoms with E-state index < -0.39 is 35.1 Å². The predicted octanol–water partition coefficient (Wildman–Crippen LogP) is 0.955. The lowest BCUT2D eigenvalue weighted by molar-refractivity contribution is -0.156. The molecule has 4 rings (SSSR count). The predicted molar refractivity (Wildman–Crippen MR) is 118 cm³/mol. The van der Waals surface area contributed by atoms with Crippen LogP contribution < -0.4 is 0 Å². The molecule has 0 aromatic rings. The minimum absolute atomic E-state index is 0.141. The Morgan fingerprint density at radius 2 is 1.81 bits per heavy atom. The first kappa shape index (κ1) is 23.0. The molecular formula is C24H35N3O5. The van der Waals surface area contributed by atoms with E-state index in [2.05, 4.69) is 6.92 Å². The first-order valence-corrected chi connectivity index (χ1v) is 11.8. The Morgan fingerprint density at radius 3 is 2.47 bits per heavy atom. The van der Waals surface area contributed by atoms with Crippen molar-refractivity contribution in [2.75, 3.05) is 33.3 Å². The van der Waals surface area contributed by atoms with Crippen molar-refractivity contribution in [3.8, 4) is 0 Å². The van der Waals surface area contributed by atoms with Crippen LogP contribution in [0, 0.1) is 11.8 Å². The zero-order valence-electron chi connectivity index (χ0n) is 19.5. The molecule has 1 N–H and O–H groups in total. The van der Waals surface area contributed by atoms with E-state index in [9.17, 15) is 19.5 Å². The minimum Gasteiger partial charge on any atom is -0.394 e. The summed E-state index contributed by atoms with van der Waals surface area (Å²) in [6.07, 6.45) is 9.94. The number of nitrogens with zero attached hydrogens (tertiary/aromatic N) is 3. The van der Waals surface area contributed by atoms with Crippen LogP contribution >= 0.6 is 0 Å². The van der Waals surface area contributed by atoms with E-state index in [0.29, 0.717) is 26.1 Å². The Labute approximate surface area is 189 Å². The molecule has 2 fully saturated rings. The maximum absolute atomic E-state index is 13.9. The van der Waals surface area contributed by atoms with Gasteiger partial charge >= 0.3 is 0 Å². The van der Waals surface area contributed by atoms with Crippen molar-refractivity contribution < 1.29 is 24.2 Å². The molecule has 2 saturated heterocycles. The van der Waals surface area contributed by atoms with Gasteiger partial charge in [-0.2, -0.15) is 0 Å². The lowest BCUT2D eigenvalue weighted by atomic mass is 9.73. The molecule has 0 bridgehead atoms. The molecule has 4 heterocycles. The Kier molecular flexibility index (Phi) is 5.96. The van der Waals surface area contributed by atoms with E-state index in [4.69, 9.17) is 4.74 Å². The number of fused-ring (bicyclic) bond motifs is 2. The second-order valence-electron chi connectivity index (χ2n) is 9.56. The van der Waals surface area contributed by atoms with Crippen molar-refractivity contribution >= 4 is 17.7 Å². The summed E-state index contributed by atoms with van der Waals surface area (Å²) >= 11 is 0. The van der Waals surface area contributed by atoms with Gasteiger partial charge in [0.15, 0.2) is 0 Å². The topological polar surface area (TPSA) is 90.4 Å². The highest BCUT2D eigenvalue weighted by Gasteiger charge is 2.75. The molecule has 1 unspecified atom stereocenters. The maximum atomic E-state index is 13.9. The molecule has 176 valence electrons. The summed E-state index contributed by atoms with van der Waals surface area (Å²) in [5.41, 5.74) is -2.18. The number of likely N-dealkylation sites (N-methyl/N-ethyl adjacent to an activating group) is 1. The lowest BCUT2D eigenvalue weighted by Gasteiger charge is -2.40. The summed E-state index contributed by atoms with van der Waals surface area (Å²) in [5, 5.41) is 9.93. The largest absolute Gasteiger partial charge is 0.394 e. The van der Waals surface area contributed by atoms with Gasteiger partial charge in [0.05, 0.1) is 30.1 Å². The van der Waals surface area contributed by atoms with Crippen molar-refractivity contribution in [1.82, 2.24) is 14.7 Å². The van der Waals surface area contributed by atoms with E-state index >= 15 is 0 Å². The number of carbonyl (C=O) groups excluding carboxylic acids is 3. The van der Waals surface area contributed by atoms with E-state index in [1.807, 2.05) is 31.2 Å². The molecule has 4 aliphatic rings. The fourth-order valence-electron chi connectivity index (χ4n) is 5.98. The standard InChI is InChI=1S/C24H35N3O5/c1-5-7-13-26-14-9-11-24-18(21(30)27(16(3)15-28)19(24)22(26)31)17-20(29)25(4)12-8-10-23(17,6-2)32-24/h8-11,16-19,28H,5-7,12-15H2,1-4H3/t16-,17-,18+,19?,23+,24+/m1/s1. The number of likely N-dealkylation sites (tertiary alicyclic amines) is 1. The molecule has 6 atom stereocenters. The summed E-state index contributed by atoms with van der Waals surface area (Å²) < 4.78 is 6.80. The van der Waals surface area contributed by atoms with Crippen molar-refractivity contribution in [3.05, 3.63) is 24.3 Å². The highest BCUT2D eigenvalue weighted by atomic mass is 16.5. The quantitative estimate of drug-likeness (QED) is 0.615. The van der Waals surface area contributed by atoms with Crippen LogP contribution in [0.1, 0.15) is 40.0 Å². The highest BCUT2D eigenvalue weighted by molar-refractivity contribution is 6.00. The summed E-state index contributed by atoms with van der Waals surface area (Å²) in [4.78, 5) is 46.2. The van der Waals surface area contributed by atoms with Gasteiger partial charge in [-0.15, -0.1) is 0 Å². The molecule has 0 aromatic heterocycles. The Morgan fingerprint density at radius 1 is 1.09 bits per heavy atom. The summed E-state index contributed by atoms with van der Waals surface area (Å²) in [7, 11) is 1.73.